The Bertz CT molecular complexity index is 701. The van der Waals surface area contributed by atoms with Crippen LogP contribution in [-0.2, 0) is 9.59 Å². The number of nitrogens with zero attached hydrogens (tertiary/aromatic N) is 1. The lowest BCUT2D eigenvalue weighted by Gasteiger charge is -2.37. The number of carbonyl (C=O) groups excluding carboxylic acids is 2. The molecule has 1 aromatic rings. The van der Waals surface area contributed by atoms with Crippen molar-refractivity contribution in [2.24, 2.45) is 5.41 Å². The van der Waals surface area contributed by atoms with Crippen LogP contribution < -0.4 is 27.2 Å². The second-order valence-electron chi connectivity index (χ2n) is 8.41. The molecule has 1 aliphatic carbocycles. The molecule has 7 heteroatoms. The minimum atomic E-state index is -0.00704. The summed E-state index contributed by atoms with van der Waals surface area (Å²) in [5.74, 6) is 1.67. The van der Waals surface area contributed by atoms with E-state index in [1.54, 1.807) is 0 Å². The SMILES string of the molecule is O=C1CC2(CCCC2)CC(=O)N1CCCCNCC1COc2ccccc2O1.[Cl-]. The first kappa shape index (κ1) is 21.9. The van der Waals surface area contributed by atoms with Gasteiger partial charge in [0.25, 0.3) is 0 Å². The number of hydrogen-bond donors (Lipinski definition) is 1. The molecule has 0 aromatic heterocycles. The molecule has 1 unspecified atom stereocenters. The number of likely N-dealkylation sites (tertiary alicyclic amines) is 1. The van der Waals surface area contributed by atoms with E-state index in [1.165, 1.54) is 4.90 Å². The maximum atomic E-state index is 12.5. The molecule has 0 bridgehead atoms. The highest BCUT2D eigenvalue weighted by Crippen LogP contribution is 2.46. The molecule has 29 heavy (non-hydrogen) atoms. The molecule has 1 N–H and O–H groups in total. The summed E-state index contributed by atoms with van der Waals surface area (Å²) in [5, 5.41) is 3.39. The van der Waals surface area contributed by atoms with Crippen molar-refractivity contribution < 1.29 is 31.5 Å². The molecule has 2 heterocycles. The lowest BCUT2D eigenvalue weighted by Crippen LogP contribution is -3.00. The minimum Gasteiger partial charge on any atom is -1.00 e. The van der Waals surface area contributed by atoms with E-state index < -0.39 is 0 Å². The van der Waals surface area contributed by atoms with E-state index in [4.69, 9.17) is 9.47 Å². The Morgan fingerprint density at radius 3 is 2.45 bits per heavy atom. The second kappa shape index (κ2) is 9.81. The van der Waals surface area contributed by atoms with Crippen LogP contribution in [0, 0.1) is 5.41 Å². The molecule has 2 aliphatic heterocycles. The first-order valence-electron chi connectivity index (χ1n) is 10.6. The Morgan fingerprint density at radius 1 is 1.03 bits per heavy atom. The highest BCUT2D eigenvalue weighted by atomic mass is 35.5. The quantitative estimate of drug-likeness (QED) is 0.492. The van der Waals surface area contributed by atoms with E-state index in [0.29, 0.717) is 26.0 Å². The van der Waals surface area contributed by atoms with Gasteiger partial charge in [-0.25, -0.2) is 0 Å². The van der Waals surface area contributed by atoms with Crippen molar-refractivity contribution in [2.45, 2.75) is 57.5 Å². The smallest absolute Gasteiger partial charge is 0.229 e. The van der Waals surface area contributed by atoms with Crippen LogP contribution in [0.4, 0.5) is 0 Å². The molecule has 4 rings (SSSR count). The van der Waals surface area contributed by atoms with Crippen LogP contribution in [0.3, 0.4) is 0 Å². The predicted octanol–water partition coefficient (Wildman–Crippen LogP) is -0.0904. The molecular formula is C22H30ClN2O4-. The van der Waals surface area contributed by atoms with Crippen molar-refractivity contribution in [3.63, 3.8) is 0 Å². The number of benzene rings is 1. The van der Waals surface area contributed by atoms with E-state index in [-0.39, 0.29) is 35.7 Å². The number of piperidine rings is 1. The van der Waals surface area contributed by atoms with Crippen molar-refractivity contribution >= 4 is 11.8 Å². The molecule has 1 aromatic carbocycles. The van der Waals surface area contributed by atoms with E-state index in [2.05, 4.69) is 5.32 Å². The number of unbranched alkanes of at least 4 members (excludes halogenated alkanes) is 1. The molecule has 1 saturated carbocycles. The Balaban J connectivity index is 0.00000240. The van der Waals surface area contributed by atoms with E-state index in [9.17, 15) is 9.59 Å². The first-order valence-corrected chi connectivity index (χ1v) is 10.6. The van der Waals surface area contributed by atoms with Gasteiger partial charge in [0.15, 0.2) is 11.5 Å². The van der Waals surface area contributed by atoms with Crippen LogP contribution in [0.15, 0.2) is 24.3 Å². The molecule has 2 fully saturated rings. The Morgan fingerprint density at radius 2 is 1.72 bits per heavy atom. The molecule has 3 aliphatic rings. The van der Waals surface area contributed by atoms with Crippen molar-refractivity contribution in [3.05, 3.63) is 24.3 Å². The van der Waals surface area contributed by atoms with E-state index in [1.807, 2.05) is 24.3 Å². The summed E-state index contributed by atoms with van der Waals surface area (Å²) in [5.41, 5.74) is -0.00704. The molecule has 1 atom stereocenters. The number of imide groups is 1. The third kappa shape index (κ3) is 5.23. The minimum absolute atomic E-state index is 0. The maximum Gasteiger partial charge on any atom is 0.229 e. The zero-order chi connectivity index (χ0) is 19.4. The summed E-state index contributed by atoms with van der Waals surface area (Å²) in [4.78, 5) is 26.4. The van der Waals surface area contributed by atoms with Crippen molar-refractivity contribution in [1.29, 1.82) is 0 Å². The monoisotopic (exact) mass is 421 g/mol. The van der Waals surface area contributed by atoms with E-state index >= 15 is 0 Å². The average Bonchev–Trinajstić information content (AvgIpc) is 3.13. The zero-order valence-electron chi connectivity index (χ0n) is 16.8. The zero-order valence-corrected chi connectivity index (χ0v) is 17.6. The number of hydrogen-bond acceptors (Lipinski definition) is 5. The molecule has 160 valence electrons. The number of carbonyl (C=O) groups is 2. The van der Waals surface area contributed by atoms with Crippen molar-refractivity contribution in [2.75, 3.05) is 26.2 Å². The topological polar surface area (TPSA) is 67.9 Å². The second-order valence-corrected chi connectivity index (χ2v) is 8.41. The van der Waals surface area contributed by atoms with Gasteiger partial charge in [-0.2, -0.15) is 0 Å². The molecular weight excluding hydrogens is 392 g/mol. The number of fused-ring (bicyclic) bond motifs is 1. The van der Waals surface area contributed by atoms with Crippen LogP contribution in [0.2, 0.25) is 0 Å². The number of amides is 2. The highest BCUT2D eigenvalue weighted by molar-refractivity contribution is 5.98. The third-order valence-electron chi connectivity index (χ3n) is 6.24. The Labute approximate surface area is 178 Å². The van der Waals surface area contributed by atoms with Gasteiger partial charge in [-0.3, -0.25) is 14.5 Å². The number of nitrogens with one attached hydrogen (secondary N) is 1. The molecule has 6 nitrogen and oxygen atoms in total. The summed E-state index contributed by atoms with van der Waals surface area (Å²) >= 11 is 0. The summed E-state index contributed by atoms with van der Waals surface area (Å²) < 4.78 is 11.6. The molecule has 2 amide bonds. The average molecular weight is 422 g/mol. The van der Waals surface area contributed by atoms with Crippen LogP contribution in [0.25, 0.3) is 0 Å². The van der Waals surface area contributed by atoms with Gasteiger partial charge in [0.2, 0.25) is 11.8 Å². The lowest BCUT2D eigenvalue weighted by molar-refractivity contribution is -0.153. The van der Waals surface area contributed by atoms with Crippen molar-refractivity contribution in [3.8, 4) is 11.5 Å². The van der Waals surface area contributed by atoms with E-state index in [0.717, 1.165) is 63.1 Å². The van der Waals surface area contributed by atoms with Gasteiger partial charge in [0, 0.05) is 25.9 Å². The Hall–Kier alpha value is -1.79. The highest BCUT2D eigenvalue weighted by Gasteiger charge is 2.44. The number of halogens is 1. The predicted molar refractivity (Wildman–Crippen MR) is 105 cm³/mol. The third-order valence-corrected chi connectivity index (χ3v) is 6.24. The summed E-state index contributed by atoms with van der Waals surface area (Å²) in [6.45, 7) is 2.65. The molecule has 0 radical (unpaired) electrons. The fourth-order valence-corrected chi connectivity index (χ4v) is 4.71. The number of ether oxygens (including phenoxy) is 2. The van der Waals surface area contributed by atoms with Gasteiger partial charge in [-0.15, -0.1) is 0 Å². The standard InChI is InChI=1S/C22H30N2O4.ClH/c25-20-13-22(9-3-4-10-22)14-21(26)24(20)12-6-5-11-23-15-17-16-27-18-7-1-2-8-19(18)28-17;/h1-2,7-8,17,23H,3-6,9-16H2;1H/p-1. The van der Waals surface area contributed by atoms with Crippen LogP contribution in [0.1, 0.15) is 51.4 Å². The first-order chi connectivity index (χ1) is 13.7. The lowest BCUT2D eigenvalue weighted by atomic mass is 9.76. The largest absolute Gasteiger partial charge is 1.00 e. The Kier molecular flexibility index (Phi) is 7.41. The summed E-state index contributed by atoms with van der Waals surface area (Å²) in [6.07, 6.45) is 7.30. The van der Waals surface area contributed by atoms with Crippen molar-refractivity contribution in [1.82, 2.24) is 10.2 Å². The van der Waals surface area contributed by atoms with Gasteiger partial charge < -0.3 is 27.2 Å². The van der Waals surface area contributed by atoms with Gasteiger partial charge >= 0.3 is 0 Å². The van der Waals surface area contributed by atoms with Crippen LogP contribution in [0.5, 0.6) is 11.5 Å². The molecule has 1 saturated heterocycles. The summed E-state index contributed by atoms with van der Waals surface area (Å²) in [7, 11) is 0. The van der Waals surface area contributed by atoms with Gasteiger partial charge in [0.05, 0.1) is 0 Å². The molecule has 1 spiro atoms. The fourth-order valence-electron chi connectivity index (χ4n) is 4.71. The van der Waals surface area contributed by atoms with Gasteiger partial charge in [0.1, 0.15) is 12.7 Å². The van der Waals surface area contributed by atoms with Gasteiger partial charge in [-0.05, 0) is 49.8 Å². The fraction of sp³-hybridized carbons (Fsp3) is 0.636. The van der Waals surface area contributed by atoms with Crippen LogP contribution in [-0.4, -0.2) is 49.1 Å². The maximum absolute atomic E-state index is 12.5. The normalized spacial score (nSPS) is 22.6. The number of para-hydroxylation sites is 2. The van der Waals surface area contributed by atoms with Crippen LogP contribution >= 0.6 is 0 Å². The van der Waals surface area contributed by atoms with Gasteiger partial charge in [-0.1, -0.05) is 25.0 Å². The number of rotatable bonds is 7. The summed E-state index contributed by atoms with van der Waals surface area (Å²) in [6, 6.07) is 7.71.